The van der Waals surface area contributed by atoms with Crippen LogP contribution in [0.1, 0.15) is 207 Å². The summed E-state index contributed by atoms with van der Waals surface area (Å²) in [5.41, 5.74) is -3.76. The Morgan fingerprint density at radius 2 is 0.689 bits per heavy atom. The number of esters is 1. The zero-order valence-electron chi connectivity index (χ0n) is 64.6. The number of hydrogen-bond acceptors (Lipinski definition) is 24. The van der Waals surface area contributed by atoms with Gasteiger partial charge >= 0.3 is 18.3 Å². The zero-order valence-corrected chi connectivity index (χ0v) is 64.6. The first kappa shape index (κ1) is 79.4. The first-order valence-electron chi connectivity index (χ1n) is 40.1. The third kappa shape index (κ3) is 12.5. The van der Waals surface area contributed by atoms with Crippen molar-refractivity contribution in [1.82, 2.24) is 10.2 Å². The third-order valence-electron chi connectivity index (χ3n) is 29.8. The number of nitrogens with one attached hydrogen (secondary N) is 1. The lowest BCUT2D eigenvalue weighted by molar-refractivity contribution is -0.598. The summed E-state index contributed by atoms with van der Waals surface area (Å²) in [5.74, 6) is -14.4. The molecule has 8 bridgehead atoms. The molecule has 16 heterocycles. The summed E-state index contributed by atoms with van der Waals surface area (Å²) in [4.78, 5) is 62.6. The Kier molecular flexibility index (Phi) is 21.0. The standard InChI is InChI=1S/C40H62F3NO12.C36H56F3NO10/c1-9-46-31(45)22-44(18-20-47-36(8)25(4)29-12-10-23(2)27-14-16-34(6)49-32(51-36)37(27,29)55-53-34)19-21-48-39(40(41,42)43)26(5)30-13-11-24(3)28-15-17-35(7)50-33(52-39)38(28,30)56-54-35;1-20-8-10-26-22(3)32(7,45-28-33(26)24(20)12-14-30(5,43-28)47-49-33)41-18-16-40-17-19-42-35(36(37,38)39)23(4)27-11-9-21(2)25-13-15-31(6)44-29(46-35)34(25,27)50-48-31/h23-30,32-33H,9-22H2,1-8H3;20-29,40H,8-19H2,1-7H3/t23-,24-,25-,26-,27+,28+,29+,30+,32+,33+,34-,35-,36+,37-,38-,39-;20-,21-,22-,23-,24+,25+,26+,27+,28+,29+,30-,31-,32+,33-,34-,35-/m11/s1. The van der Waals surface area contributed by atoms with Gasteiger partial charge in [-0.3, -0.25) is 9.69 Å². The minimum Gasteiger partial charge on any atom is -0.465 e. The molecule has 0 aromatic rings. The normalized spacial score (nSPS) is 53.1. The molecule has 4 saturated carbocycles. The monoisotopic (exact) mass is 1520 g/mol. The molecule has 0 aromatic carbocycles. The van der Waals surface area contributed by atoms with Gasteiger partial charge in [0, 0.05) is 99.2 Å². The molecule has 4 spiro atoms. The van der Waals surface area contributed by atoms with Gasteiger partial charge in [0.05, 0.1) is 39.6 Å². The van der Waals surface area contributed by atoms with Crippen LogP contribution < -0.4 is 5.32 Å². The second kappa shape index (κ2) is 28.0. The zero-order chi connectivity index (χ0) is 75.6. The van der Waals surface area contributed by atoms with Gasteiger partial charge in [0.25, 0.3) is 11.6 Å². The lowest BCUT2D eigenvalue weighted by Gasteiger charge is -2.62. The van der Waals surface area contributed by atoms with E-state index in [4.69, 9.17) is 101 Å². The van der Waals surface area contributed by atoms with E-state index in [-0.39, 0.29) is 112 Å². The Hall–Kier alpha value is -1.83. The molecule has 106 heavy (non-hydrogen) atoms. The molecule has 16 saturated heterocycles. The number of carbonyl (C=O) groups excluding carboxylic acids is 1. The highest BCUT2D eigenvalue weighted by Gasteiger charge is 2.81. The quantitative estimate of drug-likeness (QED) is 0.0549. The van der Waals surface area contributed by atoms with Gasteiger partial charge in [-0.05, 0) is 173 Å². The lowest BCUT2D eigenvalue weighted by atomic mass is 9.57. The number of alkyl halides is 6. The number of halogens is 6. The summed E-state index contributed by atoms with van der Waals surface area (Å²) >= 11 is 0. The molecule has 20 rings (SSSR count). The van der Waals surface area contributed by atoms with Crippen LogP contribution in [0.4, 0.5) is 26.3 Å². The molecule has 0 amide bonds. The van der Waals surface area contributed by atoms with Crippen LogP contribution in [-0.2, 0) is 105 Å². The van der Waals surface area contributed by atoms with Crippen LogP contribution in [0.5, 0.6) is 0 Å². The largest absolute Gasteiger partial charge is 0.465 e. The minimum atomic E-state index is -4.92. The van der Waals surface area contributed by atoms with Crippen molar-refractivity contribution in [2.45, 2.75) is 313 Å². The van der Waals surface area contributed by atoms with Gasteiger partial charge in [-0.15, -0.1) is 0 Å². The first-order valence-corrected chi connectivity index (χ1v) is 40.1. The number of nitrogens with zero attached hydrogens (tertiary/aromatic N) is 1. The van der Waals surface area contributed by atoms with Crippen LogP contribution in [0.3, 0.4) is 0 Å². The smallest absolute Gasteiger partial charge is 0.443 e. The van der Waals surface area contributed by atoms with Gasteiger partial charge in [0.15, 0.2) is 59.1 Å². The van der Waals surface area contributed by atoms with E-state index >= 15 is 26.3 Å². The Bertz CT molecular complexity index is 3180. The Morgan fingerprint density at radius 1 is 0.387 bits per heavy atom. The van der Waals surface area contributed by atoms with Gasteiger partial charge in [0.2, 0.25) is 23.1 Å². The van der Waals surface area contributed by atoms with E-state index in [9.17, 15) is 4.79 Å². The maximum absolute atomic E-state index is 15.5. The van der Waals surface area contributed by atoms with Crippen molar-refractivity contribution in [2.24, 2.45) is 94.7 Å². The van der Waals surface area contributed by atoms with Crippen LogP contribution >= 0.6 is 0 Å². The Balaban J connectivity index is 0.000000171. The molecular weight excluding hydrogens is 1410 g/mol. The van der Waals surface area contributed by atoms with E-state index in [1.165, 1.54) is 6.92 Å². The maximum atomic E-state index is 15.5. The fourth-order valence-electron chi connectivity index (χ4n) is 23.5. The number of fused-ring (bicyclic) bond motifs is 8. The van der Waals surface area contributed by atoms with E-state index in [1.54, 1.807) is 32.6 Å². The predicted molar refractivity (Wildman–Crippen MR) is 356 cm³/mol. The molecule has 32 atom stereocenters. The van der Waals surface area contributed by atoms with Crippen LogP contribution in [0, 0.1) is 94.7 Å². The second-order valence-corrected chi connectivity index (χ2v) is 35.9. The molecule has 0 unspecified atom stereocenters. The van der Waals surface area contributed by atoms with Crippen molar-refractivity contribution in [3.63, 3.8) is 0 Å². The van der Waals surface area contributed by atoms with E-state index in [1.807, 2.05) is 27.7 Å². The van der Waals surface area contributed by atoms with Gasteiger partial charge in [-0.2, -0.15) is 26.3 Å². The summed E-state index contributed by atoms with van der Waals surface area (Å²) in [5, 5.41) is 3.19. The number of hydrogen-bond donors (Lipinski definition) is 1. The highest BCUT2D eigenvalue weighted by atomic mass is 19.4. The van der Waals surface area contributed by atoms with Crippen LogP contribution in [0.15, 0.2) is 0 Å². The number of rotatable bonds is 19. The molecule has 1 N–H and O–H groups in total. The van der Waals surface area contributed by atoms with Gasteiger partial charge in [-0.1, -0.05) is 55.4 Å². The molecule has 20 fully saturated rings. The van der Waals surface area contributed by atoms with E-state index in [0.717, 1.165) is 64.2 Å². The Labute approximate surface area is 619 Å². The highest BCUT2D eigenvalue weighted by Crippen LogP contribution is 2.69. The summed E-state index contributed by atoms with van der Waals surface area (Å²) in [6.07, 6.45) is -1.55. The van der Waals surface area contributed by atoms with Gasteiger partial charge in [-0.25, -0.2) is 39.1 Å². The van der Waals surface area contributed by atoms with Crippen molar-refractivity contribution in [1.29, 1.82) is 0 Å². The van der Waals surface area contributed by atoms with Crippen molar-refractivity contribution in [3.8, 4) is 0 Å². The lowest BCUT2D eigenvalue weighted by Crippen LogP contribution is -2.76. The highest BCUT2D eigenvalue weighted by molar-refractivity contribution is 5.71. The summed E-state index contributed by atoms with van der Waals surface area (Å²) in [6, 6.07) is 0. The second-order valence-electron chi connectivity index (χ2n) is 35.9. The topological polar surface area (TPSA) is 226 Å². The number of ether oxygens (including phenoxy) is 13. The summed E-state index contributed by atoms with van der Waals surface area (Å²) in [7, 11) is 0. The molecule has 0 radical (unpaired) electrons. The fraction of sp³-hybridized carbons (Fsp3) is 0.987. The minimum absolute atomic E-state index is 0.0212. The van der Waals surface area contributed by atoms with Crippen molar-refractivity contribution in [3.05, 3.63) is 0 Å². The molecular formula is C76H118F6N2O22. The molecule has 4 aliphatic carbocycles. The van der Waals surface area contributed by atoms with Crippen molar-refractivity contribution >= 4 is 5.97 Å². The summed E-state index contributed by atoms with van der Waals surface area (Å²) in [6.45, 7) is 29.2. The average Bonchev–Trinajstić information content (AvgIpc) is 1.22. The maximum Gasteiger partial charge on any atom is 0.443 e. The van der Waals surface area contributed by atoms with E-state index < -0.39 is 142 Å². The number of carbonyl (C=O) groups is 1. The van der Waals surface area contributed by atoms with Gasteiger partial charge < -0.3 is 66.9 Å². The van der Waals surface area contributed by atoms with Crippen LogP contribution in [0.2, 0.25) is 0 Å². The average molecular weight is 1530 g/mol. The van der Waals surface area contributed by atoms with Crippen molar-refractivity contribution in [2.75, 3.05) is 65.8 Å². The first-order chi connectivity index (χ1) is 49.9. The van der Waals surface area contributed by atoms with Crippen LogP contribution in [0.25, 0.3) is 0 Å². The molecule has 16 aliphatic heterocycles. The van der Waals surface area contributed by atoms with Crippen LogP contribution in [-0.4, -0.2) is 183 Å². The fourth-order valence-corrected chi connectivity index (χ4v) is 23.5. The molecule has 0 aromatic heterocycles. The molecule has 606 valence electrons. The molecule has 20 aliphatic rings. The molecule has 24 nitrogen and oxygen atoms in total. The molecule has 30 heteroatoms. The summed E-state index contributed by atoms with van der Waals surface area (Å²) < 4.78 is 173. The van der Waals surface area contributed by atoms with E-state index in [2.05, 4.69) is 46.9 Å². The third-order valence-corrected chi connectivity index (χ3v) is 29.8. The van der Waals surface area contributed by atoms with Gasteiger partial charge in [0.1, 0.15) is 0 Å². The Morgan fingerprint density at radius 3 is 1.03 bits per heavy atom. The van der Waals surface area contributed by atoms with E-state index in [0.29, 0.717) is 56.9 Å². The SMILES string of the molecule is CCOC(=O)CN(CCO[C@@]1(C)O[C@@H]2O[C@@]3(C)CC[C@H]4[C@H](C)CC[C@@H]([C@H]1C)[C@@]24OO3)CCO[C@@]1(C(F)(F)F)O[C@@H]2O[C@@]3(C)CC[C@H]4[C@H](C)CC[C@@H]([C@H]1C)[C@@]24OO3.C[C@@H]1CC[C@H]2[C@@H](C)[C@@](C)(OCCNCCO[C@@]3(C(F)(F)F)O[C@@H]4O[C@@]5(C)CC[C@H]6[C@H](C)CC[C@@H]([C@H]3C)[C@@]46OO5)O[C@@H]3O[C@@]4(C)CC[C@@H]1[C@]32OO4. The predicted octanol–water partition coefficient (Wildman–Crippen LogP) is 13.0. The van der Waals surface area contributed by atoms with Crippen molar-refractivity contribution < 1.29 is 132 Å².